The van der Waals surface area contributed by atoms with Crippen molar-refractivity contribution in [3.05, 3.63) is 0 Å². The molecule has 1 amide bonds. The van der Waals surface area contributed by atoms with Crippen LogP contribution in [0.3, 0.4) is 0 Å². The number of nitrogens with one attached hydrogen (secondary N) is 2. The van der Waals surface area contributed by atoms with E-state index in [1.165, 1.54) is 32.4 Å². The van der Waals surface area contributed by atoms with Crippen molar-refractivity contribution >= 4 is 11.9 Å². The number of hydrogen-bond acceptors (Lipinski definition) is 4. The Bertz CT molecular complexity index is 402. The van der Waals surface area contributed by atoms with Gasteiger partial charge in [0.1, 0.15) is 6.54 Å². The number of piperidine rings is 1. The minimum atomic E-state index is 0.00393. The monoisotopic (exact) mass is 339 g/mol. The maximum Gasteiger partial charge on any atom is 0.243 e. The van der Waals surface area contributed by atoms with Crippen LogP contribution in [0.4, 0.5) is 0 Å². The van der Waals surface area contributed by atoms with E-state index < -0.39 is 0 Å². The zero-order chi connectivity index (χ0) is 17.2. The Kier molecular flexibility index (Phi) is 8.32. The van der Waals surface area contributed by atoms with Crippen LogP contribution >= 0.6 is 0 Å². The van der Waals surface area contributed by atoms with Crippen molar-refractivity contribution in [1.82, 2.24) is 20.4 Å². The lowest BCUT2D eigenvalue weighted by atomic mass is 10.1. The number of aliphatic imine (C=N–C) groups is 1. The number of carbonyl (C=O) groups is 1. The van der Waals surface area contributed by atoms with Gasteiger partial charge in [-0.3, -0.25) is 4.79 Å². The average Bonchev–Trinajstić information content (AvgIpc) is 3.10. The largest absolute Gasteiger partial charge is 0.376 e. The van der Waals surface area contributed by atoms with Crippen molar-refractivity contribution in [2.45, 2.75) is 38.2 Å². The van der Waals surface area contributed by atoms with Crippen LogP contribution in [0.15, 0.2) is 4.99 Å². The van der Waals surface area contributed by atoms with Gasteiger partial charge in [0, 0.05) is 40.3 Å². The molecule has 24 heavy (non-hydrogen) atoms. The number of nitrogens with zero attached hydrogens (tertiary/aromatic N) is 3. The summed E-state index contributed by atoms with van der Waals surface area (Å²) >= 11 is 0. The molecule has 2 N–H and O–H groups in total. The fourth-order valence-corrected chi connectivity index (χ4v) is 2.99. The van der Waals surface area contributed by atoms with Crippen LogP contribution in [0.25, 0.3) is 0 Å². The van der Waals surface area contributed by atoms with E-state index >= 15 is 0 Å². The predicted octanol–water partition coefficient (Wildman–Crippen LogP) is 0.275. The van der Waals surface area contributed by atoms with Crippen molar-refractivity contribution in [2.24, 2.45) is 4.99 Å². The van der Waals surface area contributed by atoms with Crippen LogP contribution in [0.1, 0.15) is 32.1 Å². The Hall–Kier alpha value is -1.34. The molecule has 2 aliphatic rings. The molecule has 1 atom stereocenters. The highest BCUT2D eigenvalue weighted by Crippen LogP contribution is 2.10. The van der Waals surface area contributed by atoms with E-state index in [0.717, 1.165) is 39.1 Å². The molecule has 0 aromatic heterocycles. The molecule has 1 unspecified atom stereocenters. The second kappa shape index (κ2) is 10.5. The maximum absolute atomic E-state index is 11.8. The lowest BCUT2D eigenvalue weighted by Crippen LogP contribution is -2.45. The highest BCUT2D eigenvalue weighted by Gasteiger charge is 2.16. The highest BCUT2D eigenvalue weighted by atomic mass is 16.5. The first-order valence-electron chi connectivity index (χ1n) is 9.21. The number of carbonyl (C=O) groups excluding carboxylic acids is 1. The van der Waals surface area contributed by atoms with Gasteiger partial charge >= 0.3 is 0 Å². The summed E-state index contributed by atoms with van der Waals surface area (Å²) in [6.07, 6.45) is 6.42. The Labute approximate surface area is 145 Å². The molecule has 0 aliphatic carbocycles. The number of guanidine groups is 1. The van der Waals surface area contributed by atoms with Crippen molar-refractivity contribution < 1.29 is 9.53 Å². The van der Waals surface area contributed by atoms with Crippen molar-refractivity contribution in [2.75, 3.05) is 60.0 Å². The summed E-state index contributed by atoms with van der Waals surface area (Å²) in [6.45, 7) is 5.99. The van der Waals surface area contributed by atoms with Crippen LogP contribution in [0.5, 0.6) is 0 Å². The summed E-state index contributed by atoms with van der Waals surface area (Å²) in [5.41, 5.74) is 0. The topological polar surface area (TPSA) is 69.2 Å². The van der Waals surface area contributed by atoms with Gasteiger partial charge in [0.05, 0.1) is 6.10 Å². The molecule has 0 saturated carbocycles. The summed E-state index contributed by atoms with van der Waals surface area (Å²) in [7, 11) is 3.50. The summed E-state index contributed by atoms with van der Waals surface area (Å²) in [6, 6.07) is 0. The molecule has 7 nitrogen and oxygen atoms in total. The summed E-state index contributed by atoms with van der Waals surface area (Å²) in [5, 5.41) is 6.67. The molecule has 2 saturated heterocycles. The molecule has 0 aromatic carbocycles. The van der Waals surface area contributed by atoms with Gasteiger partial charge in [-0.15, -0.1) is 0 Å². The van der Waals surface area contributed by atoms with E-state index in [9.17, 15) is 4.79 Å². The fraction of sp³-hybridized carbons (Fsp3) is 0.882. The first kappa shape index (κ1) is 19.0. The molecule has 2 heterocycles. The van der Waals surface area contributed by atoms with Crippen molar-refractivity contribution in [3.63, 3.8) is 0 Å². The van der Waals surface area contributed by atoms with Gasteiger partial charge in [0.2, 0.25) is 5.91 Å². The predicted molar refractivity (Wildman–Crippen MR) is 96.3 cm³/mol. The molecule has 2 rings (SSSR count). The molecule has 138 valence electrons. The third-order valence-corrected chi connectivity index (χ3v) is 4.56. The molecule has 2 aliphatic heterocycles. The maximum atomic E-state index is 11.8. The van der Waals surface area contributed by atoms with Crippen LogP contribution in [-0.2, 0) is 9.53 Å². The van der Waals surface area contributed by atoms with Crippen LogP contribution < -0.4 is 10.6 Å². The SMILES string of the molecule is CN(C)C(=O)CN=C(NCCN1CCCCC1)NCC1CCCO1. The van der Waals surface area contributed by atoms with Gasteiger partial charge in [0.15, 0.2) is 5.96 Å². The molecular weight excluding hydrogens is 306 g/mol. The van der Waals surface area contributed by atoms with Gasteiger partial charge in [-0.1, -0.05) is 6.42 Å². The third kappa shape index (κ3) is 7.05. The summed E-state index contributed by atoms with van der Waals surface area (Å²) < 4.78 is 5.64. The van der Waals surface area contributed by atoms with Crippen molar-refractivity contribution in [1.29, 1.82) is 0 Å². The lowest BCUT2D eigenvalue weighted by Gasteiger charge is -2.26. The Balaban J connectivity index is 1.76. The normalized spacial score (nSPS) is 22.4. The number of rotatable bonds is 7. The smallest absolute Gasteiger partial charge is 0.243 e. The lowest BCUT2D eigenvalue weighted by molar-refractivity contribution is -0.127. The van der Waals surface area contributed by atoms with E-state index in [2.05, 4.69) is 20.5 Å². The zero-order valence-corrected chi connectivity index (χ0v) is 15.2. The van der Waals surface area contributed by atoms with Crippen LogP contribution in [-0.4, -0.2) is 87.7 Å². The molecule has 0 radical (unpaired) electrons. The third-order valence-electron chi connectivity index (χ3n) is 4.56. The molecular formula is C17H33N5O2. The van der Waals surface area contributed by atoms with E-state index in [1.54, 1.807) is 19.0 Å². The first-order valence-corrected chi connectivity index (χ1v) is 9.21. The Morgan fingerprint density at radius 3 is 2.67 bits per heavy atom. The number of hydrogen-bond donors (Lipinski definition) is 2. The summed E-state index contributed by atoms with van der Waals surface area (Å²) in [5.74, 6) is 0.710. The van der Waals surface area contributed by atoms with E-state index in [-0.39, 0.29) is 18.6 Å². The standard InChI is InChI=1S/C17H33N5O2/c1-21(2)16(23)14-20-17(19-13-15-7-6-12-24-15)18-8-11-22-9-4-3-5-10-22/h15H,3-14H2,1-2H3,(H2,18,19,20). The molecule has 2 fully saturated rings. The second-order valence-electron chi connectivity index (χ2n) is 6.80. The quantitative estimate of drug-likeness (QED) is 0.515. The van der Waals surface area contributed by atoms with Gasteiger partial charge in [-0.25, -0.2) is 4.99 Å². The van der Waals surface area contributed by atoms with Gasteiger partial charge < -0.3 is 25.2 Å². The van der Waals surface area contributed by atoms with Gasteiger partial charge in [-0.2, -0.15) is 0 Å². The van der Waals surface area contributed by atoms with E-state index in [1.807, 2.05) is 0 Å². The Morgan fingerprint density at radius 1 is 1.21 bits per heavy atom. The second-order valence-corrected chi connectivity index (χ2v) is 6.80. The van der Waals surface area contributed by atoms with Crippen molar-refractivity contribution in [3.8, 4) is 0 Å². The minimum Gasteiger partial charge on any atom is -0.376 e. The summed E-state index contributed by atoms with van der Waals surface area (Å²) in [4.78, 5) is 20.2. The number of likely N-dealkylation sites (N-methyl/N-ethyl adjacent to an activating group) is 1. The molecule has 0 spiro atoms. The average molecular weight is 339 g/mol. The highest BCUT2D eigenvalue weighted by molar-refractivity contribution is 5.84. The number of ether oxygens (including phenoxy) is 1. The molecule has 0 aromatic rings. The van der Waals surface area contributed by atoms with Gasteiger partial charge in [0.25, 0.3) is 0 Å². The number of amides is 1. The fourth-order valence-electron chi connectivity index (χ4n) is 2.99. The zero-order valence-electron chi connectivity index (χ0n) is 15.2. The molecule has 7 heteroatoms. The number of likely N-dealkylation sites (tertiary alicyclic amines) is 1. The van der Waals surface area contributed by atoms with Gasteiger partial charge in [-0.05, 0) is 38.8 Å². The van der Waals surface area contributed by atoms with Crippen LogP contribution in [0.2, 0.25) is 0 Å². The van der Waals surface area contributed by atoms with E-state index in [4.69, 9.17) is 4.74 Å². The molecule has 0 bridgehead atoms. The van der Waals surface area contributed by atoms with Crippen LogP contribution in [0, 0.1) is 0 Å². The van der Waals surface area contributed by atoms with E-state index in [0.29, 0.717) is 5.96 Å². The Morgan fingerprint density at radius 2 is 2.00 bits per heavy atom. The first-order chi connectivity index (χ1) is 11.6. The minimum absolute atomic E-state index is 0.00393.